The van der Waals surface area contributed by atoms with Crippen molar-refractivity contribution in [3.8, 4) is 0 Å². The maximum absolute atomic E-state index is 11.8. The summed E-state index contributed by atoms with van der Waals surface area (Å²) in [6.45, 7) is 7.47. The minimum atomic E-state index is -0.339. The third-order valence-corrected chi connectivity index (χ3v) is 3.57. The number of hydrogen-bond acceptors (Lipinski definition) is 3. The number of carbonyl (C=O) groups excluding carboxylic acids is 1. The van der Waals surface area contributed by atoms with Crippen molar-refractivity contribution in [1.29, 1.82) is 0 Å². The largest absolute Gasteiger partial charge is 0.351 e. The van der Waals surface area contributed by atoms with Gasteiger partial charge in [0.1, 0.15) is 0 Å². The average molecular weight is 255 g/mol. The maximum atomic E-state index is 11.8. The Morgan fingerprint density at radius 3 is 2.61 bits per heavy atom. The number of amides is 1. The quantitative estimate of drug-likeness (QED) is 0.725. The molecule has 4 heteroatoms. The van der Waals surface area contributed by atoms with E-state index in [0.29, 0.717) is 0 Å². The highest BCUT2D eigenvalue weighted by molar-refractivity contribution is 5.81. The summed E-state index contributed by atoms with van der Waals surface area (Å²) in [6, 6.07) is -0.142. The minimum absolute atomic E-state index is 0.00737. The van der Waals surface area contributed by atoms with Crippen molar-refractivity contribution >= 4 is 5.91 Å². The molecule has 1 heterocycles. The Morgan fingerprint density at radius 2 is 2.00 bits per heavy atom. The van der Waals surface area contributed by atoms with Gasteiger partial charge in [0.05, 0.1) is 6.04 Å². The second-order valence-corrected chi connectivity index (χ2v) is 5.52. The Bertz CT molecular complexity index is 239. The van der Waals surface area contributed by atoms with Gasteiger partial charge in [-0.05, 0) is 39.3 Å². The fraction of sp³-hybridized carbons (Fsp3) is 0.929. The Balaban J connectivity index is 2.21. The van der Waals surface area contributed by atoms with Gasteiger partial charge in [-0.2, -0.15) is 0 Å². The van der Waals surface area contributed by atoms with Crippen molar-refractivity contribution in [1.82, 2.24) is 10.2 Å². The number of hydrogen-bond donors (Lipinski definition) is 2. The highest BCUT2D eigenvalue weighted by atomic mass is 16.2. The molecule has 0 aliphatic carbocycles. The molecule has 1 fully saturated rings. The zero-order valence-corrected chi connectivity index (χ0v) is 12.0. The van der Waals surface area contributed by atoms with Gasteiger partial charge >= 0.3 is 0 Å². The van der Waals surface area contributed by atoms with Crippen LogP contribution in [0.5, 0.6) is 0 Å². The summed E-state index contributed by atoms with van der Waals surface area (Å²) in [4.78, 5) is 14.3. The van der Waals surface area contributed by atoms with Crippen LogP contribution < -0.4 is 11.1 Å². The van der Waals surface area contributed by atoms with Crippen LogP contribution in [-0.2, 0) is 4.79 Å². The smallest absolute Gasteiger partial charge is 0.237 e. The van der Waals surface area contributed by atoms with E-state index < -0.39 is 0 Å². The number of rotatable bonds is 7. The predicted octanol–water partition coefficient (Wildman–Crippen LogP) is 1.49. The first-order valence-corrected chi connectivity index (χ1v) is 7.41. The van der Waals surface area contributed by atoms with E-state index in [9.17, 15) is 4.79 Å². The predicted molar refractivity (Wildman–Crippen MR) is 75.4 cm³/mol. The molecule has 3 N–H and O–H groups in total. The summed E-state index contributed by atoms with van der Waals surface area (Å²) in [5, 5.41) is 3.03. The van der Waals surface area contributed by atoms with Crippen molar-refractivity contribution in [2.45, 2.75) is 64.5 Å². The number of carbonyl (C=O) groups is 1. The van der Waals surface area contributed by atoms with Crippen LogP contribution in [0, 0.1) is 0 Å². The molecule has 2 unspecified atom stereocenters. The molecule has 1 rings (SSSR count). The van der Waals surface area contributed by atoms with E-state index in [2.05, 4.69) is 24.1 Å². The SMILES string of the molecule is CCCCC(N)C(=O)NC(C)CN1CCCCC1. The molecule has 0 aromatic heterocycles. The zero-order valence-electron chi connectivity index (χ0n) is 12.0. The summed E-state index contributed by atoms with van der Waals surface area (Å²) in [6.07, 6.45) is 6.82. The monoisotopic (exact) mass is 255 g/mol. The first-order chi connectivity index (χ1) is 8.63. The number of nitrogens with two attached hydrogens (primary N) is 1. The van der Waals surface area contributed by atoms with E-state index in [0.717, 1.165) is 25.8 Å². The lowest BCUT2D eigenvalue weighted by molar-refractivity contribution is -0.123. The fourth-order valence-electron chi connectivity index (χ4n) is 2.48. The molecule has 1 amide bonds. The molecule has 106 valence electrons. The number of piperidine rings is 1. The molecule has 0 spiro atoms. The second kappa shape index (κ2) is 8.48. The van der Waals surface area contributed by atoms with Crippen LogP contribution in [0.1, 0.15) is 52.4 Å². The molecule has 0 aromatic carbocycles. The lowest BCUT2D eigenvalue weighted by Crippen LogP contribution is -2.49. The highest BCUT2D eigenvalue weighted by Crippen LogP contribution is 2.08. The van der Waals surface area contributed by atoms with Crippen LogP contribution in [0.15, 0.2) is 0 Å². The third-order valence-electron chi connectivity index (χ3n) is 3.57. The van der Waals surface area contributed by atoms with Crippen LogP contribution in [0.2, 0.25) is 0 Å². The lowest BCUT2D eigenvalue weighted by atomic mass is 10.1. The van der Waals surface area contributed by atoms with Gasteiger partial charge < -0.3 is 16.0 Å². The second-order valence-electron chi connectivity index (χ2n) is 5.52. The Labute approximate surface area is 111 Å². The molecule has 1 saturated heterocycles. The highest BCUT2D eigenvalue weighted by Gasteiger charge is 2.18. The van der Waals surface area contributed by atoms with Crippen molar-refractivity contribution in [2.24, 2.45) is 5.73 Å². The first kappa shape index (κ1) is 15.4. The van der Waals surface area contributed by atoms with E-state index in [4.69, 9.17) is 5.73 Å². The number of nitrogens with one attached hydrogen (secondary N) is 1. The molecular weight excluding hydrogens is 226 g/mol. The van der Waals surface area contributed by atoms with E-state index in [-0.39, 0.29) is 18.0 Å². The fourth-order valence-corrected chi connectivity index (χ4v) is 2.48. The van der Waals surface area contributed by atoms with Gasteiger partial charge in [0.25, 0.3) is 0 Å². The molecule has 0 bridgehead atoms. The topological polar surface area (TPSA) is 58.4 Å². The average Bonchev–Trinajstić information content (AvgIpc) is 2.36. The van der Waals surface area contributed by atoms with E-state index in [1.807, 2.05) is 0 Å². The molecular formula is C14H29N3O. The molecule has 0 saturated carbocycles. The van der Waals surface area contributed by atoms with Gasteiger partial charge in [-0.15, -0.1) is 0 Å². The van der Waals surface area contributed by atoms with Crippen molar-refractivity contribution in [2.75, 3.05) is 19.6 Å². The van der Waals surface area contributed by atoms with Gasteiger partial charge in [-0.25, -0.2) is 0 Å². The number of unbranched alkanes of at least 4 members (excludes halogenated alkanes) is 1. The summed E-state index contributed by atoms with van der Waals surface area (Å²) in [5.74, 6) is 0.00737. The van der Waals surface area contributed by atoms with E-state index in [1.54, 1.807) is 0 Å². The van der Waals surface area contributed by atoms with Gasteiger partial charge in [0.15, 0.2) is 0 Å². The van der Waals surface area contributed by atoms with Crippen LogP contribution in [-0.4, -0.2) is 42.5 Å². The Morgan fingerprint density at radius 1 is 1.33 bits per heavy atom. The van der Waals surface area contributed by atoms with Crippen LogP contribution >= 0.6 is 0 Å². The van der Waals surface area contributed by atoms with Crippen molar-refractivity contribution in [3.63, 3.8) is 0 Å². The lowest BCUT2D eigenvalue weighted by Gasteiger charge is -2.29. The molecule has 18 heavy (non-hydrogen) atoms. The van der Waals surface area contributed by atoms with Gasteiger partial charge in [0, 0.05) is 12.6 Å². The minimum Gasteiger partial charge on any atom is -0.351 e. The summed E-state index contributed by atoms with van der Waals surface area (Å²) >= 11 is 0. The zero-order chi connectivity index (χ0) is 13.4. The number of nitrogens with zero attached hydrogens (tertiary/aromatic N) is 1. The number of likely N-dealkylation sites (tertiary alicyclic amines) is 1. The van der Waals surface area contributed by atoms with E-state index >= 15 is 0 Å². The summed E-state index contributed by atoms with van der Waals surface area (Å²) < 4.78 is 0. The molecule has 0 aromatic rings. The standard InChI is InChI=1S/C14H29N3O/c1-3-4-8-13(15)14(18)16-12(2)11-17-9-6-5-7-10-17/h12-13H,3-11,15H2,1-2H3,(H,16,18). The normalized spacial score (nSPS) is 20.4. The van der Waals surface area contributed by atoms with Gasteiger partial charge in [0.2, 0.25) is 5.91 Å². The van der Waals surface area contributed by atoms with Crippen LogP contribution in [0.4, 0.5) is 0 Å². The van der Waals surface area contributed by atoms with Crippen LogP contribution in [0.3, 0.4) is 0 Å². The maximum Gasteiger partial charge on any atom is 0.237 e. The third kappa shape index (κ3) is 5.83. The molecule has 2 atom stereocenters. The van der Waals surface area contributed by atoms with Gasteiger partial charge in [-0.3, -0.25) is 4.79 Å². The summed E-state index contributed by atoms with van der Waals surface area (Å²) in [7, 11) is 0. The Kier molecular flexibility index (Phi) is 7.28. The van der Waals surface area contributed by atoms with Crippen molar-refractivity contribution < 1.29 is 4.79 Å². The summed E-state index contributed by atoms with van der Waals surface area (Å²) in [5.41, 5.74) is 5.86. The first-order valence-electron chi connectivity index (χ1n) is 7.41. The van der Waals surface area contributed by atoms with Crippen LogP contribution in [0.25, 0.3) is 0 Å². The Hall–Kier alpha value is -0.610. The molecule has 4 nitrogen and oxygen atoms in total. The molecule has 0 radical (unpaired) electrons. The van der Waals surface area contributed by atoms with Gasteiger partial charge in [-0.1, -0.05) is 26.2 Å². The molecule has 1 aliphatic rings. The van der Waals surface area contributed by atoms with Crippen molar-refractivity contribution in [3.05, 3.63) is 0 Å². The molecule has 1 aliphatic heterocycles. The van der Waals surface area contributed by atoms with E-state index in [1.165, 1.54) is 32.4 Å².